The van der Waals surface area contributed by atoms with E-state index < -0.39 is 51.5 Å². The number of nitrogens with zero attached hydrogens (tertiary/aromatic N) is 2. The summed E-state index contributed by atoms with van der Waals surface area (Å²) in [6, 6.07) is -0.491. The number of rotatable bonds is 5. The van der Waals surface area contributed by atoms with Gasteiger partial charge in [0.05, 0.1) is 22.2 Å². The summed E-state index contributed by atoms with van der Waals surface area (Å²) in [5.74, 6) is -5.36. The number of benzene rings is 1. The Morgan fingerprint density at radius 3 is 2.35 bits per heavy atom. The van der Waals surface area contributed by atoms with Crippen LogP contribution >= 0.6 is 0 Å². The predicted molar refractivity (Wildman–Crippen MR) is 114 cm³/mol. The number of carboxylic acid groups (broad SMARTS) is 1. The van der Waals surface area contributed by atoms with Crippen molar-refractivity contribution in [3.05, 3.63) is 33.6 Å². The molecule has 3 atom stereocenters. The molecule has 1 fully saturated rings. The van der Waals surface area contributed by atoms with Gasteiger partial charge in [0.2, 0.25) is 5.43 Å². The molecular formula is C21H26F2N4O4. The fourth-order valence-corrected chi connectivity index (χ4v) is 4.16. The van der Waals surface area contributed by atoms with Crippen LogP contribution < -0.4 is 21.4 Å². The zero-order chi connectivity index (χ0) is 23.2. The Morgan fingerprint density at radius 2 is 1.84 bits per heavy atom. The highest BCUT2D eigenvalue weighted by Gasteiger charge is 2.32. The van der Waals surface area contributed by atoms with E-state index in [4.69, 9.17) is 10.8 Å². The van der Waals surface area contributed by atoms with E-state index in [1.165, 1.54) is 4.57 Å². The molecule has 2 aromatic rings. The molecule has 8 nitrogen and oxygen atoms in total. The van der Waals surface area contributed by atoms with Gasteiger partial charge < -0.3 is 25.6 Å². The number of piperazine rings is 1. The first-order valence-electron chi connectivity index (χ1n) is 10.1. The number of Topliss-reactive ketones (excluding diaryl/α,β-unsaturated/α-hetero) is 1. The number of aliphatic carboxylic acids is 1. The molecule has 0 aliphatic carbocycles. The number of carbonyl (C=O) groups excluding carboxylic acids is 1. The van der Waals surface area contributed by atoms with Crippen molar-refractivity contribution in [3.8, 4) is 0 Å². The lowest BCUT2D eigenvalue weighted by Crippen LogP contribution is -2.54. The number of anilines is 2. The van der Waals surface area contributed by atoms with E-state index in [-0.39, 0.29) is 23.3 Å². The van der Waals surface area contributed by atoms with Crippen LogP contribution in [0.2, 0.25) is 0 Å². The van der Waals surface area contributed by atoms with Crippen molar-refractivity contribution in [3.63, 3.8) is 0 Å². The minimum Gasteiger partial charge on any atom is -0.475 e. The van der Waals surface area contributed by atoms with Crippen molar-refractivity contribution in [1.82, 2.24) is 9.88 Å². The maximum Gasteiger partial charge on any atom is 0.377 e. The third kappa shape index (κ3) is 3.76. The second kappa shape index (κ2) is 8.26. The van der Waals surface area contributed by atoms with Gasteiger partial charge in [-0.3, -0.25) is 9.59 Å². The van der Waals surface area contributed by atoms with Crippen molar-refractivity contribution in [2.24, 2.45) is 0 Å². The number of pyridine rings is 1. The quantitative estimate of drug-likeness (QED) is 0.374. The van der Waals surface area contributed by atoms with Gasteiger partial charge in [0, 0.05) is 37.4 Å². The van der Waals surface area contributed by atoms with Crippen LogP contribution in [0.3, 0.4) is 0 Å². The third-order valence-electron chi connectivity index (χ3n) is 5.74. The first kappa shape index (κ1) is 22.7. The number of nitrogen functional groups attached to an aromatic ring is 1. The Kier molecular flexibility index (Phi) is 6.04. The Hall–Kier alpha value is -3.01. The molecule has 0 bridgehead atoms. The molecule has 3 unspecified atom stereocenters. The highest BCUT2D eigenvalue weighted by Crippen LogP contribution is 2.37. The van der Waals surface area contributed by atoms with Crippen molar-refractivity contribution in [2.75, 3.05) is 23.7 Å². The summed E-state index contributed by atoms with van der Waals surface area (Å²) in [7, 11) is 0. The second-order valence-electron chi connectivity index (χ2n) is 8.16. The zero-order valence-electron chi connectivity index (χ0n) is 17.8. The van der Waals surface area contributed by atoms with Crippen LogP contribution in [0.4, 0.5) is 20.2 Å². The number of nitrogens with two attached hydrogens (primary N) is 1. The van der Waals surface area contributed by atoms with Crippen LogP contribution in [0.15, 0.2) is 11.0 Å². The number of aromatic nitrogens is 1. The summed E-state index contributed by atoms with van der Waals surface area (Å²) in [6.07, 6.45) is 1.51. The largest absolute Gasteiger partial charge is 0.475 e. The number of fused-ring (bicyclic) bond motifs is 1. The normalized spacial score (nSPS) is 20.1. The Morgan fingerprint density at radius 1 is 1.26 bits per heavy atom. The molecular weight excluding hydrogens is 410 g/mol. The maximum atomic E-state index is 15.9. The summed E-state index contributed by atoms with van der Waals surface area (Å²) in [6.45, 7) is 7.95. The summed E-state index contributed by atoms with van der Waals surface area (Å²) in [4.78, 5) is 37.7. The molecule has 0 saturated carbocycles. The number of nitrogens with one attached hydrogen (secondary N) is 1. The number of hydrogen-bond acceptors (Lipinski definition) is 6. The molecule has 1 aromatic carbocycles. The number of carboxylic acids is 1. The number of hydrogen-bond donors (Lipinski definition) is 3. The van der Waals surface area contributed by atoms with E-state index in [1.807, 2.05) is 13.8 Å². The van der Waals surface area contributed by atoms with Crippen LogP contribution in [0.25, 0.3) is 10.9 Å². The zero-order valence-corrected chi connectivity index (χ0v) is 17.8. The van der Waals surface area contributed by atoms with Gasteiger partial charge in [0.25, 0.3) is 5.78 Å². The van der Waals surface area contributed by atoms with Crippen LogP contribution in [0.1, 0.15) is 50.5 Å². The lowest BCUT2D eigenvalue weighted by Gasteiger charge is -2.38. The summed E-state index contributed by atoms with van der Waals surface area (Å²) in [5.41, 5.74) is 2.99. The van der Waals surface area contributed by atoms with Gasteiger partial charge in [-0.15, -0.1) is 0 Å². The van der Waals surface area contributed by atoms with Crippen LogP contribution in [-0.4, -0.2) is 46.6 Å². The van der Waals surface area contributed by atoms with E-state index in [2.05, 4.69) is 5.32 Å². The van der Waals surface area contributed by atoms with E-state index in [0.29, 0.717) is 19.5 Å². The molecule has 1 aromatic heterocycles. The van der Waals surface area contributed by atoms with E-state index in [0.717, 1.165) is 6.20 Å². The van der Waals surface area contributed by atoms with Crippen molar-refractivity contribution in [2.45, 2.75) is 52.2 Å². The fourth-order valence-electron chi connectivity index (χ4n) is 4.16. The standard InChI is InChI=1S/C21H26F2N4O4/c1-5-11(4)27-8-12(20(29)21(30)31)19(28)13-16(24)14(22)18(15(23)17(13)27)26-6-9(2)25-10(3)7-26/h8-11,25H,5-7,24H2,1-4H3,(H,30,31). The molecule has 1 saturated heterocycles. The molecule has 1 aliphatic heterocycles. The molecule has 3 rings (SSSR count). The Labute approximate surface area is 177 Å². The second-order valence-corrected chi connectivity index (χ2v) is 8.16. The van der Waals surface area contributed by atoms with Gasteiger partial charge in [0.15, 0.2) is 11.6 Å². The molecule has 10 heteroatoms. The van der Waals surface area contributed by atoms with E-state index in [9.17, 15) is 14.4 Å². The van der Waals surface area contributed by atoms with Gasteiger partial charge in [-0.25, -0.2) is 13.6 Å². The highest BCUT2D eigenvalue weighted by molar-refractivity contribution is 6.40. The average molecular weight is 436 g/mol. The van der Waals surface area contributed by atoms with Gasteiger partial charge in [0.1, 0.15) is 5.69 Å². The average Bonchev–Trinajstić information content (AvgIpc) is 2.70. The van der Waals surface area contributed by atoms with Crippen molar-refractivity contribution in [1.29, 1.82) is 0 Å². The first-order valence-corrected chi connectivity index (χ1v) is 10.1. The van der Waals surface area contributed by atoms with Gasteiger partial charge >= 0.3 is 5.97 Å². The smallest absolute Gasteiger partial charge is 0.377 e. The van der Waals surface area contributed by atoms with Gasteiger partial charge in [-0.05, 0) is 27.2 Å². The fraction of sp³-hybridized carbons (Fsp3) is 0.476. The minimum absolute atomic E-state index is 0.0354. The Bertz CT molecular complexity index is 1120. The molecule has 0 radical (unpaired) electrons. The van der Waals surface area contributed by atoms with Crippen LogP contribution in [-0.2, 0) is 4.79 Å². The first-order chi connectivity index (χ1) is 14.5. The minimum atomic E-state index is -1.84. The monoisotopic (exact) mass is 436 g/mol. The molecule has 31 heavy (non-hydrogen) atoms. The highest BCUT2D eigenvalue weighted by atomic mass is 19.1. The van der Waals surface area contributed by atoms with Gasteiger partial charge in [-0.2, -0.15) is 0 Å². The van der Waals surface area contributed by atoms with E-state index >= 15 is 8.78 Å². The van der Waals surface area contributed by atoms with Crippen LogP contribution in [0, 0.1) is 11.6 Å². The molecule has 2 heterocycles. The molecule has 1 aliphatic rings. The summed E-state index contributed by atoms with van der Waals surface area (Å²) in [5, 5.41) is 11.8. The molecule has 4 N–H and O–H groups in total. The third-order valence-corrected chi connectivity index (χ3v) is 5.74. The van der Waals surface area contributed by atoms with Crippen LogP contribution in [0.5, 0.6) is 0 Å². The number of carbonyl (C=O) groups is 2. The molecule has 168 valence electrons. The Balaban J connectivity index is 2.43. The lowest BCUT2D eigenvalue weighted by molar-refractivity contribution is -0.131. The van der Waals surface area contributed by atoms with E-state index in [1.54, 1.807) is 18.7 Å². The molecule has 0 spiro atoms. The number of ketones is 1. The van der Waals surface area contributed by atoms with Gasteiger partial charge in [-0.1, -0.05) is 6.92 Å². The van der Waals surface area contributed by atoms with Crippen molar-refractivity contribution >= 4 is 34.0 Å². The summed E-state index contributed by atoms with van der Waals surface area (Å²) < 4.78 is 32.5. The SMILES string of the molecule is CCC(C)n1cc(C(=O)C(=O)O)c(=O)c2c(N)c(F)c(N3CC(C)NC(C)C3)c(F)c21. The molecule has 0 amide bonds. The summed E-state index contributed by atoms with van der Waals surface area (Å²) >= 11 is 0. The topological polar surface area (TPSA) is 118 Å². The van der Waals surface area contributed by atoms with Crippen molar-refractivity contribution < 1.29 is 23.5 Å². The maximum absolute atomic E-state index is 15.9. The lowest BCUT2D eigenvalue weighted by atomic mass is 10.0. The predicted octanol–water partition coefficient (Wildman–Crippen LogP) is 2.29. The number of halogens is 2.